The maximum atomic E-state index is 5.29. The average molecular weight is 665 g/mol. The molecule has 1 aliphatic carbocycles. The fraction of sp³-hybridized carbons (Fsp3) is 0.0625. The van der Waals surface area contributed by atoms with Crippen molar-refractivity contribution < 1.29 is 0 Å². The minimum absolute atomic E-state index is 0.202. The molecule has 52 heavy (non-hydrogen) atoms. The maximum Gasteiger partial charge on any atom is 0.238 e. The zero-order valence-corrected chi connectivity index (χ0v) is 28.8. The fourth-order valence-electron chi connectivity index (χ4n) is 8.65. The molecule has 2 aromatic heterocycles. The van der Waals surface area contributed by atoms with Crippen molar-refractivity contribution in [3.05, 3.63) is 169 Å². The summed E-state index contributed by atoms with van der Waals surface area (Å²) in [4.78, 5) is 15.7. The Morgan fingerprint density at radius 3 is 1.65 bits per heavy atom. The van der Waals surface area contributed by atoms with Gasteiger partial charge in [-0.2, -0.15) is 9.97 Å². The van der Waals surface area contributed by atoms with E-state index in [0.717, 1.165) is 32.9 Å². The molecule has 0 bridgehead atoms. The van der Waals surface area contributed by atoms with Crippen LogP contribution >= 0.6 is 0 Å². The molecule has 0 spiro atoms. The Labute approximate surface area is 300 Å². The lowest BCUT2D eigenvalue weighted by molar-refractivity contribution is 0.667. The summed E-state index contributed by atoms with van der Waals surface area (Å²) in [6, 6.07) is 56.5. The van der Waals surface area contributed by atoms with Gasteiger partial charge < -0.3 is 0 Å². The molecule has 2 heterocycles. The van der Waals surface area contributed by atoms with Crippen LogP contribution in [-0.2, 0) is 5.41 Å². The molecule has 0 saturated heterocycles. The summed E-state index contributed by atoms with van der Waals surface area (Å²) in [6.45, 7) is 4.73. The Kier molecular flexibility index (Phi) is 5.98. The van der Waals surface area contributed by atoms with Gasteiger partial charge in [-0.15, -0.1) is 0 Å². The molecule has 244 valence electrons. The van der Waals surface area contributed by atoms with Crippen molar-refractivity contribution in [2.24, 2.45) is 0 Å². The van der Waals surface area contributed by atoms with Crippen LogP contribution in [0.25, 0.3) is 94.0 Å². The predicted octanol–water partition coefficient (Wildman–Crippen LogP) is 12.1. The number of hydrogen-bond donors (Lipinski definition) is 0. The third kappa shape index (κ3) is 4.18. The second-order valence-electron chi connectivity index (χ2n) is 14.5. The van der Waals surface area contributed by atoms with Crippen LogP contribution < -0.4 is 0 Å². The van der Waals surface area contributed by atoms with Gasteiger partial charge in [0.1, 0.15) is 0 Å². The first kappa shape index (κ1) is 29.1. The first-order chi connectivity index (χ1) is 25.5. The van der Waals surface area contributed by atoms with Crippen LogP contribution in [0.5, 0.6) is 0 Å². The fourth-order valence-corrected chi connectivity index (χ4v) is 8.65. The molecule has 0 fully saturated rings. The second kappa shape index (κ2) is 10.7. The molecule has 1 aliphatic rings. The third-order valence-electron chi connectivity index (χ3n) is 11.2. The van der Waals surface area contributed by atoms with Gasteiger partial charge in [-0.25, -0.2) is 4.98 Å². The largest absolute Gasteiger partial charge is 0.278 e. The molecular weight excluding hydrogens is 633 g/mol. The van der Waals surface area contributed by atoms with Gasteiger partial charge >= 0.3 is 0 Å². The van der Waals surface area contributed by atoms with Gasteiger partial charge in [-0.05, 0) is 84.9 Å². The summed E-state index contributed by atoms with van der Waals surface area (Å²) in [5.41, 5.74) is 9.18. The molecule has 0 unspecified atom stereocenters. The molecule has 4 nitrogen and oxygen atoms in total. The SMILES string of the molecule is CC1(C)c2cc3c(cc2-c2ccc4ccccc4c21)c1ccccc1n3-c1nc(-c2ccc3ccccc3c2)nc(-c2ccc3ccccc3c2)n1. The van der Waals surface area contributed by atoms with E-state index < -0.39 is 0 Å². The zero-order chi connectivity index (χ0) is 34.6. The van der Waals surface area contributed by atoms with E-state index in [2.05, 4.69) is 176 Å². The number of para-hydroxylation sites is 1. The van der Waals surface area contributed by atoms with Crippen molar-refractivity contribution in [1.82, 2.24) is 19.5 Å². The molecule has 0 amide bonds. The minimum atomic E-state index is -0.202. The highest BCUT2D eigenvalue weighted by Crippen LogP contribution is 2.53. The number of benzene rings is 8. The molecular formula is C48H32N4. The summed E-state index contributed by atoms with van der Waals surface area (Å²) in [7, 11) is 0. The van der Waals surface area contributed by atoms with Gasteiger partial charge in [0.25, 0.3) is 0 Å². The van der Waals surface area contributed by atoms with Crippen LogP contribution in [0, 0.1) is 0 Å². The number of fused-ring (bicyclic) bond motifs is 10. The van der Waals surface area contributed by atoms with Crippen molar-refractivity contribution >= 4 is 54.1 Å². The highest BCUT2D eigenvalue weighted by atomic mass is 15.2. The molecule has 11 rings (SSSR count). The van der Waals surface area contributed by atoms with Gasteiger partial charge in [0.05, 0.1) is 11.0 Å². The van der Waals surface area contributed by atoms with Crippen LogP contribution in [0.3, 0.4) is 0 Å². The monoisotopic (exact) mass is 664 g/mol. The van der Waals surface area contributed by atoms with Crippen LogP contribution in [0.4, 0.5) is 0 Å². The highest BCUT2D eigenvalue weighted by molar-refractivity contribution is 6.12. The maximum absolute atomic E-state index is 5.29. The molecule has 8 aromatic carbocycles. The van der Waals surface area contributed by atoms with E-state index >= 15 is 0 Å². The van der Waals surface area contributed by atoms with Gasteiger partial charge in [-0.1, -0.05) is 141 Å². The Balaban J connectivity index is 1.20. The molecule has 4 heteroatoms. The zero-order valence-electron chi connectivity index (χ0n) is 28.8. The lowest BCUT2D eigenvalue weighted by Crippen LogP contribution is -2.15. The van der Waals surface area contributed by atoms with Crippen LogP contribution in [0.2, 0.25) is 0 Å². The summed E-state index contributed by atoms with van der Waals surface area (Å²) in [5.74, 6) is 1.89. The number of nitrogens with zero attached hydrogens (tertiary/aromatic N) is 4. The van der Waals surface area contributed by atoms with Crippen molar-refractivity contribution in [2.75, 3.05) is 0 Å². The predicted molar refractivity (Wildman–Crippen MR) is 215 cm³/mol. The number of aromatic nitrogens is 4. The Hall–Kier alpha value is -6.65. The lowest BCUT2D eigenvalue weighted by Gasteiger charge is -2.23. The minimum Gasteiger partial charge on any atom is -0.278 e. The normalized spacial score (nSPS) is 13.3. The first-order valence-electron chi connectivity index (χ1n) is 17.9. The van der Waals surface area contributed by atoms with E-state index in [1.807, 2.05) is 0 Å². The van der Waals surface area contributed by atoms with E-state index in [1.54, 1.807) is 0 Å². The molecule has 0 atom stereocenters. The smallest absolute Gasteiger partial charge is 0.238 e. The topological polar surface area (TPSA) is 43.6 Å². The first-order valence-corrected chi connectivity index (χ1v) is 17.9. The molecule has 10 aromatic rings. The molecule has 0 radical (unpaired) electrons. The standard InChI is InChI=1S/C48H32N4/c1-48(2)41-28-43-40(27-39(41)38-24-23-31-13-7-8-16-36(31)44(38)48)37-17-9-10-18-42(37)52(43)47-50-45(34-21-19-29-11-3-5-14-32(29)25-34)49-46(51-47)35-22-20-30-12-4-6-15-33(30)26-35/h3-28H,1-2H3. The van der Waals surface area contributed by atoms with Gasteiger partial charge in [-0.3, -0.25) is 4.57 Å². The van der Waals surface area contributed by atoms with Crippen molar-refractivity contribution in [3.8, 4) is 39.9 Å². The van der Waals surface area contributed by atoms with Gasteiger partial charge in [0, 0.05) is 27.3 Å². The highest BCUT2D eigenvalue weighted by Gasteiger charge is 2.38. The van der Waals surface area contributed by atoms with Gasteiger partial charge in [0.15, 0.2) is 11.6 Å². The number of hydrogen-bond acceptors (Lipinski definition) is 3. The quantitative estimate of drug-likeness (QED) is 0.189. The van der Waals surface area contributed by atoms with Crippen LogP contribution in [0.15, 0.2) is 158 Å². The van der Waals surface area contributed by atoms with Crippen molar-refractivity contribution in [3.63, 3.8) is 0 Å². The van der Waals surface area contributed by atoms with Gasteiger partial charge in [0.2, 0.25) is 5.95 Å². The Morgan fingerprint density at radius 2 is 0.981 bits per heavy atom. The van der Waals surface area contributed by atoms with Crippen LogP contribution in [0.1, 0.15) is 25.0 Å². The summed E-state index contributed by atoms with van der Waals surface area (Å²) in [6.07, 6.45) is 0. The van der Waals surface area contributed by atoms with E-state index in [0.29, 0.717) is 17.6 Å². The molecule has 0 aliphatic heterocycles. The average Bonchev–Trinajstić information content (AvgIpc) is 3.64. The van der Waals surface area contributed by atoms with E-state index in [9.17, 15) is 0 Å². The molecule has 0 N–H and O–H groups in total. The van der Waals surface area contributed by atoms with E-state index in [4.69, 9.17) is 15.0 Å². The van der Waals surface area contributed by atoms with E-state index in [1.165, 1.54) is 54.6 Å². The summed E-state index contributed by atoms with van der Waals surface area (Å²) >= 11 is 0. The lowest BCUT2D eigenvalue weighted by atomic mass is 9.80. The van der Waals surface area contributed by atoms with E-state index in [-0.39, 0.29) is 5.41 Å². The molecule has 0 saturated carbocycles. The third-order valence-corrected chi connectivity index (χ3v) is 11.2. The van der Waals surface area contributed by atoms with Crippen LogP contribution in [-0.4, -0.2) is 19.5 Å². The summed E-state index contributed by atoms with van der Waals surface area (Å²) in [5, 5.41) is 9.61. The van der Waals surface area contributed by atoms with Crippen molar-refractivity contribution in [2.45, 2.75) is 19.3 Å². The second-order valence-corrected chi connectivity index (χ2v) is 14.5. The van der Waals surface area contributed by atoms with Crippen molar-refractivity contribution in [1.29, 1.82) is 0 Å². The number of rotatable bonds is 3. The summed E-state index contributed by atoms with van der Waals surface area (Å²) < 4.78 is 2.25. The Bertz CT molecular complexity index is 3020. The Morgan fingerprint density at radius 1 is 0.423 bits per heavy atom.